The maximum atomic E-state index is 12.8. The van der Waals surface area contributed by atoms with E-state index in [0.29, 0.717) is 85.0 Å². The zero-order valence-electron chi connectivity index (χ0n) is 50.1. The second-order valence-electron chi connectivity index (χ2n) is 24.9. The third-order valence-corrected chi connectivity index (χ3v) is 18.1. The number of amides is 6. The molecule has 0 spiro atoms. The van der Waals surface area contributed by atoms with Crippen LogP contribution in [0.25, 0.3) is 12.2 Å². The fraction of sp³-hybridized carbons (Fsp3) is 0.380. The maximum absolute atomic E-state index is 12.8. The van der Waals surface area contributed by atoms with Crippen LogP contribution in [-0.4, -0.2) is 92.1 Å². The number of aliphatic imine (C=N–C) groups is 1. The third-order valence-electron chi connectivity index (χ3n) is 18.1. The highest BCUT2D eigenvalue weighted by Gasteiger charge is 2.43. The van der Waals surface area contributed by atoms with Crippen LogP contribution in [0.5, 0.6) is 0 Å². The molecule has 3 aliphatic carbocycles. The number of nitrogens with two attached hydrogens (primary N) is 1. The molecule has 8 aliphatic rings. The summed E-state index contributed by atoms with van der Waals surface area (Å²) < 4.78 is 4.95. The molecular formula is C71H79ClN6O11. The maximum Gasteiger partial charge on any atom is 0.337 e. The second-order valence-corrected chi connectivity index (χ2v) is 24.9. The lowest BCUT2D eigenvalue weighted by Crippen LogP contribution is -2.52. The molecule has 6 amide bonds. The van der Waals surface area contributed by atoms with E-state index in [1.54, 1.807) is 36.1 Å². The quantitative estimate of drug-likeness (QED) is 0.0434. The molecule has 13 rings (SSSR count). The standard InChI is InChI=1S/C28H28N2O4.C15H17NO2.C14H15N3O3.C13H14O2.CH4.ClH/c1-28(14-15-28)21-7-2-18(3-8-21)4-9-22(31)10-5-19-6-11-23-20(16-19)17-30(27(23)34)24-12-13-25(32)29-26(24)33;1-10-16-13(14(17)18-10)9-11-3-5-12(6-4-11)15(2)7-8-15;15-6-8-1-2-10-9(5-8)7-17(14(10)20)11-3-4-12(18)16-13(11)19;1-13(8-9-13)11-5-2-10(3-6-11)4-7-12(14)15;;/h2-4,6-9,11,16,24H,5,10,12-15,17H2,1H3,(H,29,32,33);3-6,13H,7-9H2,1-2H3;1-2,5,11H,3-4,6-7,15H2,(H,16,18,19);2-7H,8-9H2,1H3,(H,14,15);1H4;1H/b9-4+;;;7-4+;;. The first-order valence-corrected chi connectivity index (χ1v) is 30.0. The van der Waals surface area contributed by atoms with Crippen LogP contribution in [0.3, 0.4) is 0 Å². The zero-order chi connectivity index (χ0) is 61.8. The van der Waals surface area contributed by atoms with Crippen molar-refractivity contribution in [3.63, 3.8) is 0 Å². The molecule has 2 saturated heterocycles. The fourth-order valence-corrected chi connectivity index (χ4v) is 11.6. The molecule has 5 aromatic carbocycles. The van der Waals surface area contributed by atoms with Crippen LogP contribution in [0, 0.1) is 0 Å². The predicted molar refractivity (Wildman–Crippen MR) is 342 cm³/mol. The molecule has 0 aromatic heterocycles. The van der Waals surface area contributed by atoms with Gasteiger partial charge in [0.25, 0.3) is 11.8 Å². The smallest absolute Gasteiger partial charge is 0.337 e. The van der Waals surface area contributed by atoms with Gasteiger partial charge in [-0.25, -0.2) is 14.6 Å². The van der Waals surface area contributed by atoms with E-state index in [-0.39, 0.29) is 80.0 Å². The Morgan fingerprint density at radius 1 is 0.618 bits per heavy atom. The number of halogens is 1. The molecule has 3 saturated carbocycles. The van der Waals surface area contributed by atoms with Gasteiger partial charge in [-0.3, -0.25) is 44.2 Å². The van der Waals surface area contributed by atoms with Crippen molar-refractivity contribution in [2.75, 3.05) is 0 Å². The molecule has 5 N–H and O–H groups in total. The summed E-state index contributed by atoms with van der Waals surface area (Å²) in [5.74, 6) is -2.31. The molecule has 3 unspecified atom stereocenters. The van der Waals surface area contributed by atoms with Crippen molar-refractivity contribution in [1.29, 1.82) is 0 Å². The van der Waals surface area contributed by atoms with Gasteiger partial charge in [-0.1, -0.05) is 131 Å². The summed E-state index contributed by atoms with van der Waals surface area (Å²) >= 11 is 0. The van der Waals surface area contributed by atoms with Gasteiger partial charge in [0.05, 0.1) is 0 Å². The highest BCUT2D eigenvalue weighted by atomic mass is 35.5. The molecule has 18 heteroatoms. The van der Waals surface area contributed by atoms with Crippen molar-refractivity contribution >= 4 is 83.6 Å². The number of aryl methyl sites for hydroxylation is 1. The predicted octanol–water partition coefficient (Wildman–Crippen LogP) is 10.1. The molecule has 5 aromatic rings. The molecule has 0 radical (unpaired) electrons. The van der Waals surface area contributed by atoms with Crippen LogP contribution in [0.1, 0.15) is 182 Å². The van der Waals surface area contributed by atoms with Gasteiger partial charge in [0.2, 0.25) is 23.6 Å². The first-order chi connectivity index (χ1) is 41.6. The van der Waals surface area contributed by atoms with E-state index in [1.165, 1.54) is 60.1 Å². The number of carboxylic acids is 1. The minimum atomic E-state index is -0.909. The van der Waals surface area contributed by atoms with Gasteiger partial charge >= 0.3 is 11.9 Å². The Balaban J connectivity index is 0.000000161. The van der Waals surface area contributed by atoms with Gasteiger partial charge in [-0.15, -0.1) is 12.4 Å². The van der Waals surface area contributed by atoms with Gasteiger partial charge in [0.1, 0.15) is 12.1 Å². The van der Waals surface area contributed by atoms with Gasteiger partial charge in [0.15, 0.2) is 17.7 Å². The van der Waals surface area contributed by atoms with Crippen LogP contribution < -0.4 is 16.4 Å². The van der Waals surface area contributed by atoms with E-state index >= 15 is 0 Å². The molecule has 0 bridgehead atoms. The number of allylic oxidation sites excluding steroid dienone is 1. The fourth-order valence-electron chi connectivity index (χ4n) is 11.6. The van der Waals surface area contributed by atoms with Gasteiger partial charge in [0, 0.05) is 69.4 Å². The minimum Gasteiger partial charge on any atom is -0.478 e. The molecule has 3 atom stereocenters. The largest absolute Gasteiger partial charge is 0.478 e. The van der Waals surface area contributed by atoms with Crippen LogP contribution in [0.2, 0.25) is 0 Å². The van der Waals surface area contributed by atoms with E-state index in [0.717, 1.165) is 45.0 Å². The van der Waals surface area contributed by atoms with Crippen molar-refractivity contribution in [3.8, 4) is 0 Å². The number of hydrogen-bond donors (Lipinski definition) is 4. The molecular weight excluding hydrogens is 1150 g/mol. The number of nitrogens with zero attached hydrogens (tertiary/aromatic N) is 3. The number of hydrogen-bond acceptors (Lipinski definition) is 12. The summed E-state index contributed by atoms with van der Waals surface area (Å²) in [7, 11) is 0. The molecule has 5 heterocycles. The van der Waals surface area contributed by atoms with E-state index in [1.807, 2.05) is 42.5 Å². The van der Waals surface area contributed by atoms with Crippen molar-refractivity contribution in [2.45, 2.75) is 173 Å². The number of ether oxygens (including phenoxy) is 1. The average molecular weight is 1230 g/mol. The lowest BCUT2D eigenvalue weighted by atomic mass is 9.96. The number of fused-ring (bicyclic) bond motifs is 2. The number of piperidine rings is 2. The summed E-state index contributed by atoms with van der Waals surface area (Å²) in [5.41, 5.74) is 18.8. The lowest BCUT2D eigenvalue weighted by molar-refractivity contribution is -0.138. The Morgan fingerprint density at radius 3 is 1.44 bits per heavy atom. The second kappa shape index (κ2) is 27.8. The average Bonchev–Trinajstić information content (AvgIpc) is 1.78. The first kappa shape index (κ1) is 66.3. The van der Waals surface area contributed by atoms with Crippen LogP contribution in [-0.2, 0) is 87.0 Å². The molecule has 17 nitrogen and oxygen atoms in total. The highest BCUT2D eigenvalue weighted by Crippen LogP contribution is 2.49. The molecule has 89 heavy (non-hydrogen) atoms. The van der Waals surface area contributed by atoms with Crippen molar-refractivity contribution < 1.29 is 53.0 Å². The first-order valence-electron chi connectivity index (χ1n) is 30.0. The number of ketones is 1. The highest BCUT2D eigenvalue weighted by molar-refractivity contribution is 6.06. The van der Waals surface area contributed by atoms with Gasteiger partial charge in [-0.05, 0) is 154 Å². The molecule has 5 aliphatic heterocycles. The van der Waals surface area contributed by atoms with E-state index in [2.05, 4.69) is 97.1 Å². The Labute approximate surface area is 526 Å². The van der Waals surface area contributed by atoms with E-state index in [4.69, 9.17) is 15.6 Å². The topological polar surface area (TPSA) is 252 Å². The van der Waals surface area contributed by atoms with Gasteiger partial charge in [-0.2, -0.15) is 0 Å². The lowest BCUT2D eigenvalue weighted by Gasteiger charge is -2.29. The zero-order valence-corrected chi connectivity index (χ0v) is 50.9. The summed E-state index contributed by atoms with van der Waals surface area (Å²) in [5, 5.41) is 13.1. The Kier molecular flexibility index (Phi) is 20.7. The van der Waals surface area contributed by atoms with Crippen LogP contribution >= 0.6 is 12.4 Å². The van der Waals surface area contributed by atoms with Crippen molar-refractivity contribution in [2.24, 2.45) is 10.7 Å². The minimum absolute atomic E-state index is 0. The number of nitrogens with one attached hydrogen (secondary N) is 2. The van der Waals surface area contributed by atoms with Crippen LogP contribution in [0.4, 0.5) is 0 Å². The number of cyclic esters (lactones) is 1. The monoisotopic (exact) mass is 1230 g/mol. The Hall–Kier alpha value is -8.67. The number of aliphatic carboxylic acids is 1. The number of rotatable bonds is 15. The number of carboxylic acid groups (broad SMARTS) is 1. The third kappa shape index (κ3) is 16.2. The summed E-state index contributed by atoms with van der Waals surface area (Å²) in [4.78, 5) is 113. The normalized spacial score (nSPS) is 21.0. The number of carbonyl (C=O) groups excluding carboxylic acids is 8. The van der Waals surface area contributed by atoms with E-state index in [9.17, 15) is 43.2 Å². The number of esters is 1. The molecule has 466 valence electrons. The SMILES string of the molecule is C.CC1(c2ccc(/C=C/C(=O)CCc3ccc4c(c3)CN(C3CCC(=O)NC3=O)C4=O)cc2)CC1.CC1(c2ccc(/C=C/C(=O)O)cc2)CC1.CC1=NC(Cc2ccc(C3(C)CC3)cc2)C(=O)O1.Cl.NCc1ccc2c(c1)CN(C1CCC(=O)NC1=O)C2=O. The number of imide groups is 2. The molecule has 5 fully saturated rings. The Morgan fingerprint density at radius 2 is 1.03 bits per heavy atom. The van der Waals surface area contributed by atoms with Gasteiger partial charge < -0.3 is 25.4 Å². The summed E-state index contributed by atoms with van der Waals surface area (Å²) in [6.45, 7) is 9.71. The summed E-state index contributed by atoms with van der Waals surface area (Å²) in [6, 6.07) is 34.7. The van der Waals surface area contributed by atoms with Crippen molar-refractivity contribution in [1.82, 2.24) is 20.4 Å². The Bertz CT molecular complexity index is 3650. The van der Waals surface area contributed by atoms with E-state index < -0.39 is 24.0 Å². The summed E-state index contributed by atoms with van der Waals surface area (Å²) in [6.07, 6.45) is 16.7. The van der Waals surface area contributed by atoms with Crippen molar-refractivity contribution in [3.05, 3.63) is 188 Å². The number of carbonyl (C=O) groups is 9. The number of benzene rings is 5. The van der Waals surface area contributed by atoms with Crippen LogP contribution in [0.15, 0.2) is 126 Å².